The number of nitrogens with one attached hydrogen (secondary N) is 1. The monoisotopic (exact) mass is 354 g/mol. The topological polar surface area (TPSA) is 59.4 Å². The molecule has 26 heavy (non-hydrogen) atoms. The number of carbonyl (C=O) groups excluding carboxylic acids is 1. The molecule has 1 amide bonds. The Morgan fingerprint density at radius 2 is 2.23 bits per heavy atom. The van der Waals surface area contributed by atoms with Crippen LogP contribution in [0.2, 0.25) is 0 Å². The number of carbonyl (C=O) groups is 1. The van der Waals surface area contributed by atoms with Gasteiger partial charge in [-0.05, 0) is 42.7 Å². The fourth-order valence-electron chi connectivity index (χ4n) is 3.14. The summed E-state index contributed by atoms with van der Waals surface area (Å²) in [6.45, 7) is 4.57. The van der Waals surface area contributed by atoms with Crippen molar-refractivity contribution in [2.75, 3.05) is 32.1 Å². The van der Waals surface area contributed by atoms with Crippen LogP contribution in [0.25, 0.3) is 5.57 Å². The summed E-state index contributed by atoms with van der Waals surface area (Å²) < 4.78 is 7.02. The quantitative estimate of drug-likeness (QED) is 0.867. The maximum atomic E-state index is 12.3. The van der Waals surface area contributed by atoms with E-state index in [-0.39, 0.29) is 5.91 Å². The SMILES string of the molecule is COc1ccc(NC(=O)CCN2CC=C(c3cnn(C)c3)CC2)c(C)c1. The lowest BCUT2D eigenvalue weighted by atomic mass is 10.0. The molecule has 0 atom stereocenters. The average molecular weight is 354 g/mol. The molecule has 1 aromatic heterocycles. The van der Waals surface area contributed by atoms with Gasteiger partial charge in [0.1, 0.15) is 5.75 Å². The minimum atomic E-state index is 0.0419. The number of benzene rings is 1. The lowest BCUT2D eigenvalue weighted by molar-refractivity contribution is -0.116. The van der Waals surface area contributed by atoms with Gasteiger partial charge in [0.15, 0.2) is 0 Å². The molecule has 6 heteroatoms. The minimum Gasteiger partial charge on any atom is -0.497 e. The highest BCUT2D eigenvalue weighted by molar-refractivity contribution is 5.91. The number of hydrogen-bond acceptors (Lipinski definition) is 4. The Kier molecular flexibility index (Phi) is 5.73. The highest BCUT2D eigenvalue weighted by atomic mass is 16.5. The van der Waals surface area contributed by atoms with Crippen molar-refractivity contribution >= 4 is 17.2 Å². The van der Waals surface area contributed by atoms with Gasteiger partial charge in [-0.25, -0.2) is 0 Å². The Bertz CT molecular complexity index is 810. The van der Waals surface area contributed by atoms with Gasteiger partial charge in [-0.3, -0.25) is 14.4 Å². The van der Waals surface area contributed by atoms with Gasteiger partial charge in [-0.15, -0.1) is 0 Å². The van der Waals surface area contributed by atoms with Gasteiger partial charge < -0.3 is 10.1 Å². The lowest BCUT2D eigenvalue weighted by Crippen LogP contribution is -2.31. The van der Waals surface area contributed by atoms with Crippen LogP contribution in [-0.2, 0) is 11.8 Å². The summed E-state index contributed by atoms with van der Waals surface area (Å²) in [7, 11) is 3.57. The predicted molar refractivity (Wildman–Crippen MR) is 103 cm³/mol. The molecular formula is C20H26N4O2. The summed E-state index contributed by atoms with van der Waals surface area (Å²) in [5.74, 6) is 0.838. The third-order valence-corrected chi connectivity index (χ3v) is 4.73. The van der Waals surface area contributed by atoms with Gasteiger partial charge in [0.2, 0.25) is 5.91 Å². The summed E-state index contributed by atoms with van der Waals surface area (Å²) in [5.41, 5.74) is 4.38. The number of hydrogen-bond donors (Lipinski definition) is 1. The molecule has 3 rings (SSSR count). The number of aryl methyl sites for hydroxylation is 2. The molecule has 0 radical (unpaired) electrons. The summed E-state index contributed by atoms with van der Waals surface area (Å²) >= 11 is 0. The molecule has 1 N–H and O–H groups in total. The first kappa shape index (κ1) is 18.2. The molecule has 0 fully saturated rings. The number of aromatic nitrogens is 2. The molecule has 1 aliphatic heterocycles. The van der Waals surface area contributed by atoms with E-state index in [2.05, 4.69) is 21.4 Å². The van der Waals surface area contributed by atoms with Gasteiger partial charge in [0, 0.05) is 50.6 Å². The second kappa shape index (κ2) is 8.19. The van der Waals surface area contributed by atoms with Gasteiger partial charge in [-0.2, -0.15) is 5.10 Å². The second-order valence-corrected chi connectivity index (χ2v) is 6.66. The maximum absolute atomic E-state index is 12.3. The first-order chi connectivity index (χ1) is 12.5. The second-order valence-electron chi connectivity index (χ2n) is 6.66. The molecule has 1 aromatic carbocycles. The third kappa shape index (κ3) is 4.52. The van der Waals surface area contributed by atoms with Crippen molar-refractivity contribution in [2.24, 2.45) is 7.05 Å². The fraction of sp³-hybridized carbons (Fsp3) is 0.400. The minimum absolute atomic E-state index is 0.0419. The number of nitrogens with zero attached hydrogens (tertiary/aromatic N) is 3. The molecule has 138 valence electrons. The van der Waals surface area contributed by atoms with Crippen molar-refractivity contribution in [3.8, 4) is 5.75 Å². The average Bonchev–Trinajstić information content (AvgIpc) is 3.08. The largest absolute Gasteiger partial charge is 0.497 e. The molecule has 1 aliphatic rings. The molecule has 2 aromatic rings. The van der Waals surface area contributed by atoms with E-state index < -0.39 is 0 Å². The molecule has 0 unspecified atom stereocenters. The van der Waals surface area contributed by atoms with Crippen LogP contribution in [0.15, 0.2) is 36.7 Å². The van der Waals surface area contributed by atoms with E-state index in [1.807, 2.05) is 49.2 Å². The van der Waals surface area contributed by atoms with E-state index in [4.69, 9.17) is 4.74 Å². The highest BCUT2D eigenvalue weighted by Crippen LogP contribution is 2.23. The number of methoxy groups -OCH3 is 1. The Morgan fingerprint density at radius 3 is 2.85 bits per heavy atom. The summed E-state index contributed by atoms with van der Waals surface area (Å²) in [6.07, 6.45) is 7.68. The lowest BCUT2D eigenvalue weighted by Gasteiger charge is -2.25. The van der Waals surface area contributed by atoms with Crippen molar-refractivity contribution in [3.05, 3.63) is 47.8 Å². The smallest absolute Gasteiger partial charge is 0.225 e. The van der Waals surface area contributed by atoms with Gasteiger partial charge in [-0.1, -0.05) is 6.08 Å². The Balaban J connectivity index is 1.47. The molecular weight excluding hydrogens is 328 g/mol. The third-order valence-electron chi connectivity index (χ3n) is 4.73. The van der Waals surface area contributed by atoms with Crippen LogP contribution >= 0.6 is 0 Å². The van der Waals surface area contributed by atoms with Crippen molar-refractivity contribution in [1.29, 1.82) is 0 Å². The van der Waals surface area contributed by atoms with Gasteiger partial charge in [0.05, 0.1) is 13.3 Å². The molecule has 0 spiro atoms. The van der Waals surface area contributed by atoms with E-state index in [0.717, 1.165) is 43.1 Å². The van der Waals surface area contributed by atoms with Crippen molar-refractivity contribution in [1.82, 2.24) is 14.7 Å². The van der Waals surface area contributed by atoms with Crippen LogP contribution in [0.1, 0.15) is 24.0 Å². The van der Waals surface area contributed by atoms with Crippen LogP contribution in [0.3, 0.4) is 0 Å². The molecule has 0 aliphatic carbocycles. The zero-order valence-corrected chi connectivity index (χ0v) is 15.7. The van der Waals surface area contributed by atoms with E-state index in [9.17, 15) is 4.79 Å². The number of anilines is 1. The number of amides is 1. The van der Waals surface area contributed by atoms with Crippen LogP contribution in [-0.4, -0.2) is 47.3 Å². The molecule has 0 saturated heterocycles. The van der Waals surface area contributed by atoms with Crippen LogP contribution < -0.4 is 10.1 Å². The summed E-state index contributed by atoms with van der Waals surface area (Å²) in [5, 5.41) is 7.22. The number of rotatable bonds is 6. The Labute approximate surface area is 154 Å². The standard InChI is InChI=1S/C20H26N4O2/c1-15-12-18(26-3)4-5-19(15)22-20(25)8-11-24-9-6-16(7-10-24)17-13-21-23(2)14-17/h4-6,12-14H,7-11H2,1-3H3,(H,22,25). The van der Waals surface area contributed by atoms with E-state index in [0.29, 0.717) is 6.42 Å². The van der Waals surface area contributed by atoms with Crippen molar-refractivity contribution < 1.29 is 9.53 Å². The zero-order chi connectivity index (χ0) is 18.5. The summed E-state index contributed by atoms with van der Waals surface area (Å²) in [6, 6.07) is 5.67. The molecule has 0 saturated carbocycles. The maximum Gasteiger partial charge on any atom is 0.225 e. The summed E-state index contributed by atoms with van der Waals surface area (Å²) in [4.78, 5) is 14.6. The predicted octanol–water partition coefficient (Wildman–Crippen LogP) is 2.86. The van der Waals surface area contributed by atoms with E-state index >= 15 is 0 Å². The van der Waals surface area contributed by atoms with Crippen LogP contribution in [0.5, 0.6) is 5.75 Å². The van der Waals surface area contributed by atoms with Crippen molar-refractivity contribution in [3.63, 3.8) is 0 Å². The van der Waals surface area contributed by atoms with Gasteiger partial charge in [0.25, 0.3) is 0 Å². The van der Waals surface area contributed by atoms with Crippen molar-refractivity contribution in [2.45, 2.75) is 19.8 Å². The molecule has 0 bridgehead atoms. The van der Waals surface area contributed by atoms with E-state index in [1.54, 1.807) is 7.11 Å². The Hall–Kier alpha value is -2.60. The zero-order valence-electron chi connectivity index (χ0n) is 15.7. The van der Waals surface area contributed by atoms with Crippen LogP contribution in [0.4, 0.5) is 5.69 Å². The first-order valence-electron chi connectivity index (χ1n) is 8.90. The fourth-order valence-corrected chi connectivity index (χ4v) is 3.14. The Morgan fingerprint density at radius 1 is 1.38 bits per heavy atom. The van der Waals surface area contributed by atoms with Crippen LogP contribution in [0, 0.1) is 6.92 Å². The van der Waals surface area contributed by atoms with E-state index in [1.165, 1.54) is 11.1 Å². The normalized spacial score (nSPS) is 14.8. The number of ether oxygens (including phenoxy) is 1. The van der Waals surface area contributed by atoms with Gasteiger partial charge >= 0.3 is 0 Å². The highest BCUT2D eigenvalue weighted by Gasteiger charge is 2.15. The first-order valence-corrected chi connectivity index (χ1v) is 8.90. The molecule has 6 nitrogen and oxygen atoms in total. The molecule has 2 heterocycles.